The lowest BCUT2D eigenvalue weighted by molar-refractivity contribution is -0.132. The highest BCUT2D eigenvalue weighted by Crippen LogP contribution is 2.33. The van der Waals surface area contributed by atoms with E-state index in [2.05, 4.69) is 10.1 Å². The van der Waals surface area contributed by atoms with Crippen molar-refractivity contribution in [3.8, 4) is 0 Å². The quantitative estimate of drug-likeness (QED) is 0.463. The third-order valence-electron chi connectivity index (χ3n) is 6.22. The number of aryl methyl sites for hydroxylation is 2. The smallest absolute Gasteiger partial charge is 0.264 e. The van der Waals surface area contributed by atoms with Crippen molar-refractivity contribution in [1.29, 1.82) is 0 Å². The van der Waals surface area contributed by atoms with Crippen molar-refractivity contribution in [1.82, 2.24) is 19.6 Å². The number of fused-ring (bicyclic) bond motifs is 3. The summed E-state index contributed by atoms with van der Waals surface area (Å²) < 4.78 is 7.13. The molecular formula is C24H23ClN4O3. The number of pyridine rings is 2. The number of likely N-dealkylation sites (tertiary alicyclic amines) is 1. The Labute approximate surface area is 189 Å². The molecule has 4 aromatic rings. The van der Waals surface area contributed by atoms with Crippen LogP contribution < -0.4 is 5.56 Å². The highest BCUT2D eigenvalue weighted by Gasteiger charge is 2.28. The van der Waals surface area contributed by atoms with Crippen LogP contribution in [0.25, 0.3) is 21.8 Å². The van der Waals surface area contributed by atoms with Gasteiger partial charge >= 0.3 is 0 Å². The Balaban J connectivity index is 1.49. The first-order chi connectivity index (χ1) is 15.5. The zero-order valence-corrected chi connectivity index (χ0v) is 18.5. The van der Waals surface area contributed by atoms with Gasteiger partial charge in [0.15, 0.2) is 0 Å². The summed E-state index contributed by atoms with van der Waals surface area (Å²) in [5, 5.41) is 5.79. The van der Waals surface area contributed by atoms with E-state index in [1.165, 1.54) is 0 Å². The number of amides is 1. The van der Waals surface area contributed by atoms with Crippen molar-refractivity contribution < 1.29 is 9.32 Å². The zero-order valence-electron chi connectivity index (χ0n) is 17.8. The van der Waals surface area contributed by atoms with E-state index in [1.54, 1.807) is 23.8 Å². The molecule has 8 heteroatoms. The molecule has 5 rings (SSSR count). The molecule has 1 atom stereocenters. The number of hydrogen-bond acceptors (Lipinski definition) is 5. The summed E-state index contributed by atoms with van der Waals surface area (Å²) in [6, 6.07) is 11.1. The van der Waals surface area contributed by atoms with Gasteiger partial charge in [0.1, 0.15) is 16.7 Å². The van der Waals surface area contributed by atoms with Gasteiger partial charge < -0.3 is 14.0 Å². The molecule has 1 aliphatic rings. The van der Waals surface area contributed by atoms with Gasteiger partial charge in [0.2, 0.25) is 5.91 Å². The molecular weight excluding hydrogens is 428 g/mol. The molecule has 1 aliphatic heterocycles. The van der Waals surface area contributed by atoms with Gasteiger partial charge in [-0.15, -0.1) is 0 Å². The molecule has 1 saturated heterocycles. The van der Waals surface area contributed by atoms with Crippen LogP contribution in [-0.2, 0) is 11.2 Å². The first-order valence-corrected chi connectivity index (χ1v) is 11.2. The Morgan fingerprint density at radius 1 is 1.22 bits per heavy atom. The normalized spacial score (nSPS) is 16.7. The van der Waals surface area contributed by atoms with Crippen LogP contribution in [0.15, 0.2) is 51.9 Å². The molecule has 0 bridgehead atoms. The monoisotopic (exact) mass is 450 g/mol. The van der Waals surface area contributed by atoms with Crippen molar-refractivity contribution in [3.63, 3.8) is 0 Å². The highest BCUT2D eigenvalue weighted by molar-refractivity contribution is 6.37. The summed E-state index contributed by atoms with van der Waals surface area (Å²) in [7, 11) is 0. The van der Waals surface area contributed by atoms with Gasteiger partial charge in [0, 0.05) is 36.8 Å². The van der Waals surface area contributed by atoms with E-state index in [0.717, 1.165) is 24.1 Å². The Bertz CT molecular complexity index is 1360. The number of halogens is 1. The minimum absolute atomic E-state index is 0.0815. The third kappa shape index (κ3) is 3.56. The van der Waals surface area contributed by atoms with Crippen LogP contribution in [0.4, 0.5) is 0 Å². The zero-order chi connectivity index (χ0) is 22.2. The van der Waals surface area contributed by atoms with Crippen LogP contribution in [0.5, 0.6) is 0 Å². The van der Waals surface area contributed by atoms with Crippen molar-refractivity contribution in [3.05, 3.63) is 69.4 Å². The SMILES string of the molecule is Cc1onc2c1c(=O)n(C1CCCN(C(=O)CCc3ccccn3)C1)c1cccc(Cl)c21. The Morgan fingerprint density at radius 3 is 2.91 bits per heavy atom. The number of hydrogen-bond donors (Lipinski definition) is 0. The number of benzene rings is 1. The largest absolute Gasteiger partial charge is 0.360 e. The molecule has 0 aliphatic carbocycles. The predicted molar refractivity (Wildman–Crippen MR) is 123 cm³/mol. The fourth-order valence-corrected chi connectivity index (χ4v) is 4.93. The highest BCUT2D eigenvalue weighted by atomic mass is 35.5. The number of carbonyl (C=O) groups is 1. The van der Waals surface area contributed by atoms with Crippen LogP contribution in [0, 0.1) is 6.92 Å². The van der Waals surface area contributed by atoms with E-state index in [9.17, 15) is 9.59 Å². The molecule has 1 amide bonds. The van der Waals surface area contributed by atoms with Crippen molar-refractivity contribution in [2.24, 2.45) is 0 Å². The molecule has 4 heterocycles. The van der Waals surface area contributed by atoms with Gasteiger partial charge in [0.25, 0.3) is 5.56 Å². The third-order valence-corrected chi connectivity index (χ3v) is 6.53. The number of piperidine rings is 1. The lowest BCUT2D eigenvalue weighted by Gasteiger charge is -2.34. The molecule has 0 spiro atoms. The first kappa shape index (κ1) is 20.7. The minimum atomic E-state index is -0.152. The van der Waals surface area contributed by atoms with Gasteiger partial charge in [-0.05, 0) is 50.5 Å². The van der Waals surface area contributed by atoms with E-state index < -0.39 is 0 Å². The topological polar surface area (TPSA) is 81.2 Å². The fraction of sp³-hybridized carbons (Fsp3) is 0.333. The lowest BCUT2D eigenvalue weighted by atomic mass is 10.0. The van der Waals surface area contributed by atoms with Crippen LogP contribution in [-0.4, -0.2) is 38.6 Å². The molecule has 164 valence electrons. The molecule has 1 fully saturated rings. The number of rotatable bonds is 4. The van der Waals surface area contributed by atoms with E-state index in [1.807, 2.05) is 35.2 Å². The van der Waals surface area contributed by atoms with E-state index in [0.29, 0.717) is 53.0 Å². The molecule has 3 aromatic heterocycles. The maximum Gasteiger partial charge on any atom is 0.264 e. The Hall–Kier alpha value is -3.19. The van der Waals surface area contributed by atoms with Gasteiger partial charge in [-0.2, -0.15) is 0 Å². The summed E-state index contributed by atoms with van der Waals surface area (Å²) in [4.78, 5) is 32.6. The summed E-state index contributed by atoms with van der Waals surface area (Å²) in [5.74, 6) is 0.553. The minimum Gasteiger partial charge on any atom is -0.360 e. The van der Waals surface area contributed by atoms with E-state index in [-0.39, 0.29) is 17.5 Å². The van der Waals surface area contributed by atoms with E-state index >= 15 is 0 Å². The maximum absolute atomic E-state index is 13.5. The van der Waals surface area contributed by atoms with E-state index in [4.69, 9.17) is 16.1 Å². The van der Waals surface area contributed by atoms with Crippen LogP contribution in [0.3, 0.4) is 0 Å². The molecule has 1 unspecified atom stereocenters. The standard InChI is InChI=1S/C24H23ClN4O3/c1-15-21-23(27-32-15)22-18(25)8-4-9-19(22)29(24(21)31)17-7-5-13-28(14-17)20(30)11-10-16-6-2-3-12-26-16/h2-4,6,8-9,12,17H,5,7,10-11,13-14H2,1H3. The van der Waals surface area contributed by atoms with Crippen LogP contribution in [0.2, 0.25) is 5.02 Å². The van der Waals surface area contributed by atoms with Gasteiger partial charge in [0.05, 0.1) is 16.6 Å². The van der Waals surface area contributed by atoms with Crippen molar-refractivity contribution >= 4 is 39.3 Å². The molecule has 0 saturated carbocycles. The molecule has 32 heavy (non-hydrogen) atoms. The average molecular weight is 451 g/mol. The Morgan fingerprint density at radius 2 is 2.09 bits per heavy atom. The predicted octanol–water partition coefficient (Wildman–Crippen LogP) is 4.30. The van der Waals surface area contributed by atoms with Crippen LogP contribution >= 0.6 is 11.6 Å². The molecule has 7 nitrogen and oxygen atoms in total. The average Bonchev–Trinajstić information content (AvgIpc) is 3.20. The summed E-state index contributed by atoms with van der Waals surface area (Å²) >= 11 is 6.52. The van der Waals surface area contributed by atoms with Crippen LogP contribution in [0.1, 0.15) is 36.8 Å². The summed E-state index contributed by atoms with van der Waals surface area (Å²) in [5.41, 5.74) is 1.96. The summed E-state index contributed by atoms with van der Waals surface area (Å²) in [6.45, 7) is 2.91. The Kier molecular flexibility index (Phi) is 5.43. The maximum atomic E-state index is 13.5. The van der Waals surface area contributed by atoms with Gasteiger partial charge in [-0.25, -0.2) is 0 Å². The van der Waals surface area contributed by atoms with Crippen molar-refractivity contribution in [2.75, 3.05) is 13.1 Å². The number of nitrogens with zero attached hydrogens (tertiary/aromatic N) is 4. The summed E-state index contributed by atoms with van der Waals surface area (Å²) in [6.07, 6.45) is 4.37. The van der Waals surface area contributed by atoms with Crippen molar-refractivity contribution in [2.45, 2.75) is 38.6 Å². The first-order valence-electron chi connectivity index (χ1n) is 10.8. The van der Waals surface area contributed by atoms with Gasteiger partial charge in [-0.1, -0.05) is 28.9 Å². The second-order valence-corrected chi connectivity index (χ2v) is 8.64. The molecule has 1 aromatic carbocycles. The molecule has 0 N–H and O–H groups in total. The molecule has 0 radical (unpaired) electrons. The second kappa shape index (κ2) is 8.39. The lowest BCUT2D eigenvalue weighted by Crippen LogP contribution is -2.43. The second-order valence-electron chi connectivity index (χ2n) is 8.23. The fourth-order valence-electron chi connectivity index (χ4n) is 4.67. The number of aromatic nitrogens is 3. The number of carbonyl (C=O) groups excluding carboxylic acids is 1. The van der Waals surface area contributed by atoms with Gasteiger partial charge in [-0.3, -0.25) is 14.6 Å².